The molecule has 0 atom stereocenters. The van der Waals surface area contributed by atoms with Gasteiger partial charge in [-0.05, 0) is 32.9 Å². The molecule has 8 heteroatoms. The molecule has 1 saturated heterocycles. The first-order valence-corrected chi connectivity index (χ1v) is 10.00. The Hall–Kier alpha value is -2.87. The second-order valence-electron chi connectivity index (χ2n) is 7.41. The molecule has 0 N–H and O–H groups in total. The number of aromatic nitrogens is 2. The van der Waals surface area contributed by atoms with Crippen molar-refractivity contribution in [2.75, 3.05) is 47.5 Å². The standard InChI is InChI=1S/C22H30N4O4/c1-14-15(2)24-18(16(3)23-14)13-25-7-9-26(10-8-25)22(27)17-11-19(28-4)21(30-6)20(12-17)29-5/h11-12H,7-10,13H2,1-6H3. The van der Waals surface area contributed by atoms with Crippen molar-refractivity contribution in [2.24, 2.45) is 0 Å². The molecular formula is C22H30N4O4. The molecule has 1 aromatic carbocycles. The van der Waals surface area contributed by atoms with E-state index >= 15 is 0 Å². The number of nitrogens with zero attached hydrogens (tertiary/aromatic N) is 4. The summed E-state index contributed by atoms with van der Waals surface area (Å²) in [6, 6.07) is 3.40. The lowest BCUT2D eigenvalue weighted by atomic mass is 10.1. The molecule has 1 aliphatic rings. The highest BCUT2D eigenvalue weighted by molar-refractivity contribution is 5.95. The van der Waals surface area contributed by atoms with E-state index in [0.717, 1.165) is 42.4 Å². The summed E-state index contributed by atoms with van der Waals surface area (Å²) in [4.78, 5) is 26.5. The summed E-state index contributed by atoms with van der Waals surface area (Å²) < 4.78 is 16.1. The number of rotatable bonds is 6. The van der Waals surface area contributed by atoms with Crippen molar-refractivity contribution in [3.63, 3.8) is 0 Å². The molecule has 0 bridgehead atoms. The van der Waals surface area contributed by atoms with Crippen LogP contribution in [0.2, 0.25) is 0 Å². The SMILES string of the molecule is COc1cc(C(=O)N2CCN(Cc3nc(C)c(C)nc3C)CC2)cc(OC)c1OC. The van der Waals surface area contributed by atoms with Crippen molar-refractivity contribution in [1.82, 2.24) is 19.8 Å². The maximum Gasteiger partial charge on any atom is 0.254 e. The quantitative estimate of drug-likeness (QED) is 0.718. The van der Waals surface area contributed by atoms with Crippen molar-refractivity contribution < 1.29 is 19.0 Å². The lowest BCUT2D eigenvalue weighted by molar-refractivity contribution is 0.0625. The number of aryl methyl sites for hydroxylation is 3. The number of benzene rings is 1. The zero-order valence-corrected chi connectivity index (χ0v) is 18.6. The Balaban J connectivity index is 1.68. The maximum atomic E-state index is 13.1. The van der Waals surface area contributed by atoms with Crippen LogP contribution in [0, 0.1) is 20.8 Å². The number of hydrogen-bond donors (Lipinski definition) is 0. The van der Waals surface area contributed by atoms with Gasteiger partial charge in [0.05, 0.1) is 44.1 Å². The molecule has 0 radical (unpaired) electrons. The van der Waals surface area contributed by atoms with Crippen molar-refractivity contribution in [1.29, 1.82) is 0 Å². The van der Waals surface area contributed by atoms with E-state index in [4.69, 9.17) is 19.2 Å². The van der Waals surface area contributed by atoms with Crippen molar-refractivity contribution in [3.8, 4) is 17.2 Å². The fourth-order valence-electron chi connectivity index (χ4n) is 3.62. The minimum atomic E-state index is -0.0453. The van der Waals surface area contributed by atoms with Crippen LogP contribution in [0.3, 0.4) is 0 Å². The number of ether oxygens (including phenoxy) is 3. The van der Waals surface area contributed by atoms with E-state index in [0.29, 0.717) is 35.9 Å². The Morgan fingerprint density at radius 2 is 1.43 bits per heavy atom. The van der Waals surface area contributed by atoms with Crippen LogP contribution in [-0.2, 0) is 6.54 Å². The first-order chi connectivity index (χ1) is 14.4. The van der Waals surface area contributed by atoms with Crippen LogP contribution in [0.25, 0.3) is 0 Å². The van der Waals surface area contributed by atoms with E-state index in [2.05, 4.69) is 9.88 Å². The smallest absolute Gasteiger partial charge is 0.254 e. The summed E-state index contributed by atoms with van der Waals surface area (Å²) in [5.41, 5.74) is 4.43. The van der Waals surface area contributed by atoms with E-state index < -0.39 is 0 Å². The lowest BCUT2D eigenvalue weighted by Gasteiger charge is -2.35. The van der Waals surface area contributed by atoms with Gasteiger partial charge < -0.3 is 19.1 Å². The first-order valence-electron chi connectivity index (χ1n) is 10.00. The van der Waals surface area contributed by atoms with Crippen LogP contribution in [0.15, 0.2) is 12.1 Å². The number of hydrogen-bond acceptors (Lipinski definition) is 7. The van der Waals surface area contributed by atoms with Crippen LogP contribution < -0.4 is 14.2 Å². The predicted molar refractivity (Wildman–Crippen MR) is 114 cm³/mol. The summed E-state index contributed by atoms with van der Waals surface area (Å²) >= 11 is 0. The zero-order valence-electron chi connectivity index (χ0n) is 18.6. The third kappa shape index (κ3) is 4.48. The average molecular weight is 415 g/mol. The van der Waals surface area contributed by atoms with Gasteiger partial charge in [0.25, 0.3) is 5.91 Å². The molecule has 2 heterocycles. The molecule has 3 rings (SSSR count). The fourth-order valence-corrected chi connectivity index (χ4v) is 3.62. The maximum absolute atomic E-state index is 13.1. The number of methoxy groups -OCH3 is 3. The first kappa shape index (κ1) is 21.8. The second kappa shape index (κ2) is 9.30. The molecule has 0 saturated carbocycles. The minimum absolute atomic E-state index is 0.0453. The normalized spacial score (nSPS) is 14.5. The number of carbonyl (C=O) groups excluding carboxylic acids is 1. The second-order valence-corrected chi connectivity index (χ2v) is 7.41. The molecule has 0 spiro atoms. The van der Waals surface area contributed by atoms with E-state index in [9.17, 15) is 4.79 Å². The molecule has 162 valence electrons. The molecule has 1 fully saturated rings. The molecular weight excluding hydrogens is 384 g/mol. The average Bonchev–Trinajstić information content (AvgIpc) is 2.76. The minimum Gasteiger partial charge on any atom is -0.493 e. The van der Waals surface area contributed by atoms with Crippen molar-refractivity contribution in [3.05, 3.63) is 40.5 Å². The lowest BCUT2D eigenvalue weighted by Crippen LogP contribution is -2.48. The molecule has 1 amide bonds. The highest BCUT2D eigenvalue weighted by atomic mass is 16.5. The summed E-state index contributed by atoms with van der Waals surface area (Å²) in [6.45, 7) is 9.56. The molecule has 1 aliphatic heterocycles. The van der Waals surface area contributed by atoms with E-state index in [1.54, 1.807) is 33.5 Å². The Labute approximate surface area is 177 Å². The highest BCUT2D eigenvalue weighted by Gasteiger charge is 2.25. The predicted octanol–water partition coefficient (Wildman–Crippen LogP) is 2.39. The summed E-state index contributed by atoms with van der Waals surface area (Å²) in [7, 11) is 4.63. The van der Waals surface area contributed by atoms with E-state index in [1.165, 1.54) is 0 Å². The number of amides is 1. The Kier molecular flexibility index (Phi) is 6.77. The van der Waals surface area contributed by atoms with Crippen LogP contribution >= 0.6 is 0 Å². The van der Waals surface area contributed by atoms with Crippen molar-refractivity contribution in [2.45, 2.75) is 27.3 Å². The van der Waals surface area contributed by atoms with Gasteiger partial charge in [0.15, 0.2) is 11.5 Å². The molecule has 30 heavy (non-hydrogen) atoms. The largest absolute Gasteiger partial charge is 0.493 e. The van der Waals surface area contributed by atoms with Gasteiger partial charge in [-0.15, -0.1) is 0 Å². The molecule has 2 aromatic rings. The fraction of sp³-hybridized carbons (Fsp3) is 0.500. The molecule has 0 aliphatic carbocycles. The molecule has 1 aromatic heterocycles. The van der Waals surface area contributed by atoms with Crippen LogP contribution in [0.4, 0.5) is 0 Å². The van der Waals surface area contributed by atoms with Gasteiger partial charge in [-0.2, -0.15) is 0 Å². The Morgan fingerprint density at radius 1 is 0.867 bits per heavy atom. The van der Waals surface area contributed by atoms with Gasteiger partial charge in [-0.25, -0.2) is 0 Å². The van der Waals surface area contributed by atoms with Gasteiger partial charge in [0.1, 0.15) is 0 Å². The topological polar surface area (TPSA) is 77.0 Å². The van der Waals surface area contributed by atoms with Crippen LogP contribution in [-0.4, -0.2) is 73.2 Å². The van der Waals surface area contributed by atoms with Gasteiger partial charge >= 0.3 is 0 Å². The van der Waals surface area contributed by atoms with Gasteiger partial charge in [0, 0.05) is 38.3 Å². The molecule has 8 nitrogen and oxygen atoms in total. The summed E-state index contributed by atoms with van der Waals surface area (Å²) in [5.74, 6) is 1.38. The van der Waals surface area contributed by atoms with Gasteiger partial charge in [-0.1, -0.05) is 0 Å². The van der Waals surface area contributed by atoms with E-state index in [-0.39, 0.29) is 5.91 Å². The third-order valence-corrected chi connectivity index (χ3v) is 5.52. The van der Waals surface area contributed by atoms with E-state index in [1.807, 2.05) is 25.7 Å². The Morgan fingerprint density at radius 3 is 1.97 bits per heavy atom. The van der Waals surface area contributed by atoms with Crippen LogP contribution in [0.1, 0.15) is 33.1 Å². The number of piperazine rings is 1. The summed E-state index contributed by atoms with van der Waals surface area (Å²) in [6.07, 6.45) is 0. The number of carbonyl (C=O) groups is 1. The highest BCUT2D eigenvalue weighted by Crippen LogP contribution is 2.38. The van der Waals surface area contributed by atoms with Gasteiger partial charge in [-0.3, -0.25) is 19.7 Å². The Bertz CT molecular complexity index is 899. The monoisotopic (exact) mass is 414 g/mol. The summed E-state index contributed by atoms with van der Waals surface area (Å²) in [5, 5.41) is 0. The van der Waals surface area contributed by atoms with Crippen molar-refractivity contribution >= 4 is 5.91 Å². The van der Waals surface area contributed by atoms with Gasteiger partial charge in [0.2, 0.25) is 5.75 Å². The van der Waals surface area contributed by atoms with Crippen LogP contribution in [0.5, 0.6) is 17.2 Å². The zero-order chi connectivity index (χ0) is 21.8. The molecule has 0 unspecified atom stereocenters. The third-order valence-electron chi connectivity index (χ3n) is 5.52.